The molecule has 0 saturated carbocycles. The van der Waals surface area contributed by atoms with Gasteiger partial charge in [0.1, 0.15) is 11.5 Å². The summed E-state index contributed by atoms with van der Waals surface area (Å²) in [5.74, 6) is 1.46. The predicted octanol–water partition coefficient (Wildman–Crippen LogP) is 5.54. The van der Waals surface area contributed by atoms with Gasteiger partial charge < -0.3 is 4.74 Å². The lowest BCUT2D eigenvalue weighted by Gasteiger charge is -2.05. The third-order valence-corrected chi connectivity index (χ3v) is 4.95. The van der Waals surface area contributed by atoms with Crippen molar-refractivity contribution in [3.8, 4) is 11.5 Å². The van der Waals surface area contributed by atoms with Gasteiger partial charge in [-0.2, -0.15) is 4.37 Å². The fourth-order valence-corrected chi connectivity index (χ4v) is 3.69. The van der Waals surface area contributed by atoms with Crippen LogP contribution in [0.25, 0.3) is 0 Å². The van der Waals surface area contributed by atoms with Crippen LogP contribution in [0, 0.1) is 0 Å². The van der Waals surface area contributed by atoms with Crippen LogP contribution in [0.5, 0.6) is 11.5 Å². The first-order valence-corrected chi connectivity index (χ1v) is 8.77. The Morgan fingerprint density at radius 3 is 2.10 bits per heavy atom. The van der Waals surface area contributed by atoms with Gasteiger partial charge in [0.25, 0.3) is 0 Å². The number of hydrogen-bond donors (Lipinski definition) is 0. The number of ether oxygens (including phenoxy) is 1. The van der Waals surface area contributed by atoms with Crippen LogP contribution in [-0.4, -0.2) is 4.37 Å². The van der Waals surface area contributed by atoms with Gasteiger partial charge in [-0.15, -0.1) is 0 Å². The molecule has 0 radical (unpaired) electrons. The second-order valence-corrected chi connectivity index (χ2v) is 6.63. The highest BCUT2D eigenvalue weighted by molar-refractivity contribution is 7.66. The van der Waals surface area contributed by atoms with Gasteiger partial charge in [-0.1, -0.05) is 23.2 Å². The van der Waals surface area contributed by atoms with Crippen molar-refractivity contribution >= 4 is 49.8 Å². The van der Waals surface area contributed by atoms with E-state index < -0.39 is 0 Å². The molecule has 0 saturated heterocycles. The summed E-state index contributed by atoms with van der Waals surface area (Å²) in [7, 11) is 2.76. The average Bonchev–Trinajstić information content (AvgIpc) is 2.89. The van der Waals surface area contributed by atoms with Gasteiger partial charge in [0.2, 0.25) is 0 Å². The molecule has 0 amide bonds. The molecule has 0 aliphatic carbocycles. The topological polar surface area (TPSA) is 34.5 Å². The fraction of sp³-hybridized carbons (Fsp3) is 0. The van der Waals surface area contributed by atoms with Crippen molar-refractivity contribution < 1.29 is 4.74 Å². The van der Waals surface area contributed by atoms with Gasteiger partial charge in [0, 0.05) is 15.6 Å². The molecule has 0 atom stereocenters. The molecule has 2 aromatic carbocycles. The largest absolute Gasteiger partial charge is 0.457 e. The van der Waals surface area contributed by atoms with Crippen molar-refractivity contribution in [2.24, 2.45) is 4.99 Å². The Morgan fingerprint density at radius 2 is 1.52 bits per heavy atom. The van der Waals surface area contributed by atoms with Crippen LogP contribution in [0.1, 0.15) is 0 Å². The summed E-state index contributed by atoms with van der Waals surface area (Å²) in [6.07, 6.45) is 0. The number of nitrogens with zero attached hydrogens (tertiary/aromatic N) is 2. The molecule has 0 bridgehead atoms. The quantitative estimate of drug-likeness (QED) is 0.579. The highest BCUT2D eigenvalue weighted by Gasteiger charge is 2.00. The second kappa shape index (κ2) is 6.58. The standard InChI is InChI=1S/C14H8Cl2N2OS2/c15-9-1-5-11(6-2-9)19-12-7-3-10(4-8-12)17-14-13(16)18-21-20-14/h1-8H. The summed E-state index contributed by atoms with van der Waals surface area (Å²) in [6, 6.07) is 14.6. The van der Waals surface area contributed by atoms with Crippen LogP contribution in [0.15, 0.2) is 53.5 Å². The SMILES string of the molecule is Clc1ccc(Oc2ccc(N=c3ssnc3Cl)cc2)cc1. The zero-order chi connectivity index (χ0) is 14.7. The first-order valence-electron chi connectivity index (χ1n) is 5.90. The third kappa shape index (κ3) is 3.83. The smallest absolute Gasteiger partial charge is 0.179 e. The first-order chi connectivity index (χ1) is 10.2. The zero-order valence-electron chi connectivity index (χ0n) is 10.5. The summed E-state index contributed by atoms with van der Waals surface area (Å²) in [5.41, 5.74) is 0.803. The summed E-state index contributed by atoms with van der Waals surface area (Å²) in [4.78, 5) is 4.42. The Kier molecular flexibility index (Phi) is 4.55. The number of rotatable bonds is 3. The van der Waals surface area contributed by atoms with E-state index in [1.807, 2.05) is 36.4 Å². The maximum atomic E-state index is 5.92. The lowest BCUT2D eigenvalue weighted by Crippen LogP contribution is -1.92. The minimum Gasteiger partial charge on any atom is -0.457 e. The first kappa shape index (κ1) is 14.5. The van der Waals surface area contributed by atoms with E-state index in [1.165, 1.54) is 20.9 Å². The molecule has 21 heavy (non-hydrogen) atoms. The van der Waals surface area contributed by atoms with E-state index in [0.29, 0.717) is 14.8 Å². The van der Waals surface area contributed by atoms with Crippen molar-refractivity contribution in [2.45, 2.75) is 0 Å². The number of halogens is 2. The molecule has 1 aromatic heterocycles. The van der Waals surface area contributed by atoms with Gasteiger partial charge in [0.15, 0.2) is 9.82 Å². The van der Waals surface area contributed by atoms with Crippen molar-refractivity contribution in [3.05, 3.63) is 63.4 Å². The van der Waals surface area contributed by atoms with Crippen LogP contribution < -0.4 is 9.41 Å². The van der Waals surface area contributed by atoms with E-state index in [9.17, 15) is 0 Å². The molecule has 106 valence electrons. The van der Waals surface area contributed by atoms with Crippen LogP contribution in [0.4, 0.5) is 5.69 Å². The monoisotopic (exact) mass is 354 g/mol. The van der Waals surface area contributed by atoms with Gasteiger partial charge in [-0.25, -0.2) is 4.99 Å². The molecule has 3 nitrogen and oxygen atoms in total. The summed E-state index contributed by atoms with van der Waals surface area (Å²) in [5, 5.41) is 1.12. The maximum Gasteiger partial charge on any atom is 0.179 e. The molecule has 1 heterocycles. The molecule has 3 aromatic rings. The molecule has 3 rings (SSSR count). The summed E-state index contributed by atoms with van der Waals surface area (Å²) < 4.78 is 10.4. The summed E-state index contributed by atoms with van der Waals surface area (Å²) in [6.45, 7) is 0. The Balaban J connectivity index is 1.78. The normalized spacial score (nSPS) is 11.6. The highest BCUT2D eigenvalue weighted by Crippen LogP contribution is 2.25. The van der Waals surface area contributed by atoms with Crippen LogP contribution in [-0.2, 0) is 0 Å². The molecular formula is C14H8Cl2N2OS2. The Labute approximate surface area is 138 Å². The van der Waals surface area contributed by atoms with Gasteiger partial charge in [-0.05, 0) is 58.9 Å². The molecular weight excluding hydrogens is 347 g/mol. The van der Waals surface area contributed by atoms with Gasteiger partial charge in [0.05, 0.1) is 5.69 Å². The molecule has 0 N–H and O–H groups in total. The molecule has 0 aliphatic heterocycles. The third-order valence-electron chi connectivity index (χ3n) is 2.53. The van der Waals surface area contributed by atoms with Crippen molar-refractivity contribution in [1.82, 2.24) is 4.37 Å². The van der Waals surface area contributed by atoms with Crippen LogP contribution in [0.2, 0.25) is 10.2 Å². The van der Waals surface area contributed by atoms with Crippen molar-refractivity contribution in [3.63, 3.8) is 0 Å². The molecule has 0 unspecified atom stereocenters. The fourth-order valence-electron chi connectivity index (χ4n) is 1.57. The number of aromatic nitrogens is 1. The van der Waals surface area contributed by atoms with E-state index in [2.05, 4.69) is 9.37 Å². The van der Waals surface area contributed by atoms with Crippen molar-refractivity contribution in [1.29, 1.82) is 0 Å². The average molecular weight is 355 g/mol. The molecule has 7 heteroatoms. The lowest BCUT2D eigenvalue weighted by atomic mass is 10.3. The minimum absolute atomic E-state index is 0.437. The number of hydrogen-bond acceptors (Lipinski definition) is 5. The van der Waals surface area contributed by atoms with E-state index in [-0.39, 0.29) is 0 Å². The second-order valence-electron chi connectivity index (χ2n) is 4.01. The Bertz CT molecular complexity index is 795. The van der Waals surface area contributed by atoms with E-state index in [4.69, 9.17) is 27.9 Å². The van der Waals surface area contributed by atoms with E-state index >= 15 is 0 Å². The lowest BCUT2D eigenvalue weighted by molar-refractivity contribution is 0.483. The van der Waals surface area contributed by atoms with Crippen molar-refractivity contribution in [2.75, 3.05) is 0 Å². The van der Waals surface area contributed by atoms with Crippen LogP contribution in [0.3, 0.4) is 0 Å². The summed E-state index contributed by atoms with van der Waals surface area (Å²) >= 11 is 11.8. The molecule has 0 aliphatic rings. The van der Waals surface area contributed by atoms with E-state index in [0.717, 1.165) is 17.2 Å². The minimum atomic E-state index is 0.437. The molecule has 0 spiro atoms. The Morgan fingerprint density at radius 1 is 0.905 bits per heavy atom. The van der Waals surface area contributed by atoms with E-state index in [1.54, 1.807) is 12.1 Å². The number of benzene rings is 2. The highest BCUT2D eigenvalue weighted by atomic mass is 35.5. The predicted molar refractivity (Wildman–Crippen MR) is 88.2 cm³/mol. The zero-order valence-corrected chi connectivity index (χ0v) is 13.6. The Hall–Kier alpha value is -1.40. The maximum absolute atomic E-state index is 5.92. The van der Waals surface area contributed by atoms with Gasteiger partial charge >= 0.3 is 0 Å². The van der Waals surface area contributed by atoms with Crippen LogP contribution >= 0.6 is 44.1 Å². The van der Waals surface area contributed by atoms with Gasteiger partial charge in [-0.3, -0.25) is 0 Å². The molecule has 0 fully saturated rings.